The predicted molar refractivity (Wildman–Crippen MR) is 312 cm³/mol. The van der Waals surface area contributed by atoms with Crippen molar-refractivity contribution < 1.29 is 28.6 Å². The molecule has 0 saturated heterocycles. The Morgan fingerprint density at radius 1 is 0.264 bits per heavy atom. The Labute approximate surface area is 450 Å². The summed E-state index contributed by atoms with van der Waals surface area (Å²) in [5.74, 6) is -0.839. The lowest BCUT2D eigenvalue weighted by atomic mass is 10.0. The van der Waals surface area contributed by atoms with Gasteiger partial charge >= 0.3 is 17.9 Å². The summed E-state index contributed by atoms with van der Waals surface area (Å²) in [6.07, 6.45) is 72.2. The Hall–Kier alpha value is -1.85. The average Bonchev–Trinajstić information content (AvgIpc) is 3.38. The van der Waals surface area contributed by atoms with Crippen LogP contribution in [0.2, 0.25) is 0 Å². The van der Waals surface area contributed by atoms with Crippen molar-refractivity contribution in [3.63, 3.8) is 0 Å². The van der Waals surface area contributed by atoms with Crippen molar-refractivity contribution >= 4 is 17.9 Å². The summed E-state index contributed by atoms with van der Waals surface area (Å²) in [7, 11) is 0. The fraction of sp³-hybridized carbons (Fsp3) is 0.924. The smallest absolute Gasteiger partial charge is 0.306 e. The van der Waals surface area contributed by atoms with Crippen LogP contribution in [-0.2, 0) is 28.6 Å². The molecule has 0 aliphatic carbocycles. The fourth-order valence-electron chi connectivity index (χ4n) is 10.1. The molecule has 0 radical (unpaired) electrons. The lowest BCUT2D eigenvalue weighted by Gasteiger charge is -2.18. The molecular weight excluding hydrogens is 889 g/mol. The summed E-state index contributed by atoms with van der Waals surface area (Å²) in [5.41, 5.74) is 0. The third-order valence-corrected chi connectivity index (χ3v) is 15.0. The van der Waals surface area contributed by atoms with E-state index in [4.69, 9.17) is 14.2 Å². The van der Waals surface area contributed by atoms with Gasteiger partial charge in [0.05, 0.1) is 0 Å². The molecule has 426 valence electrons. The van der Waals surface area contributed by atoms with Gasteiger partial charge in [0, 0.05) is 19.3 Å². The normalized spacial score (nSPS) is 12.0. The molecule has 72 heavy (non-hydrogen) atoms. The summed E-state index contributed by atoms with van der Waals surface area (Å²) in [6.45, 7) is 6.71. The minimum atomic E-state index is -0.767. The van der Waals surface area contributed by atoms with Crippen LogP contribution in [0, 0.1) is 0 Å². The Morgan fingerprint density at radius 3 is 0.694 bits per heavy atom. The SMILES string of the molecule is CCCCCCCC/C=C\CCCCCCCCCC(=O)OC(COC(=O)CCCCCCCCCCCCCCC)COC(=O)CCCCCCCCCCCCCCCCCCCCCCCCCC. The first-order valence-corrected chi connectivity index (χ1v) is 32.7. The highest BCUT2D eigenvalue weighted by atomic mass is 16.6. The molecule has 6 heteroatoms. The molecular formula is C66H126O6. The molecule has 0 aliphatic rings. The number of carbonyl (C=O) groups is 3. The van der Waals surface area contributed by atoms with E-state index in [0.29, 0.717) is 19.3 Å². The minimum absolute atomic E-state index is 0.0652. The van der Waals surface area contributed by atoms with Crippen LogP contribution in [0.5, 0.6) is 0 Å². The summed E-state index contributed by atoms with van der Waals surface area (Å²) in [5, 5.41) is 0. The quantitative estimate of drug-likeness (QED) is 0.0261. The summed E-state index contributed by atoms with van der Waals surface area (Å²) in [6, 6.07) is 0. The van der Waals surface area contributed by atoms with Crippen molar-refractivity contribution in [3.05, 3.63) is 12.2 Å². The lowest BCUT2D eigenvalue weighted by Crippen LogP contribution is -2.30. The molecule has 0 heterocycles. The van der Waals surface area contributed by atoms with Gasteiger partial charge in [-0.3, -0.25) is 14.4 Å². The summed E-state index contributed by atoms with van der Waals surface area (Å²) in [4.78, 5) is 38.3. The number of ether oxygens (including phenoxy) is 3. The molecule has 0 fully saturated rings. The van der Waals surface area contributed by atoms with Crippen molar-refractivity contribution in [1.29, 1.82) is 0 Å². The van der Waals surface area contributed by atoms with E-state index in [9.17, 15) is 14.4 Å². The van der Waals surface area contributed by atoms with Crippen molar-refractivity contribution in [2.24, 2.45) is 0 Å². The predicted octanol–water partition coefficient (Wildman–Crippen LogP) is 22.1. The molecule has 0 aromatic carbocycles. The topological polar surface area (TPSA) is 78.9 Å². The second kappa shape index (κ2) is 61.7. The average molecular weight is 1020 g/mol. The highest BCUT2D eigenvalue weighted by Gasteiger charge is 2.19. The maximum absolute atomic E-state index is 12.9. The highest BCUT2D eigenvalue weighted by molar-refractivity contribution is 5.71. The first-order valence-electron chi connectivity index (χ1n) is 32.7. The molecule has 0 bridgehead atoms. The van der Waals surface area contributed by atoms with E-state index in [1.165, 1.54) is 276 Å². The zero-order chi connectivity index (χ0) is 52.2. The number of esters is 3. The summed E-state index contributed by atoms with van der Waals surface area (Å²) < 4.78 is 16.9. The van der Waals surface area contributed by atoms with Gasteiger partial charge in [0.25, 0.3) is 0 Å². The molecule has 0 spiro atoms. The molecule has 1 atom stereocenters. The lowest BCUT2D eigenvalue weighted by molar-refractivity contribution is -0.167. The van der Waals surface area contributed by atoms with Gasteiger partial charge in [-0.1, -0.05) is 322 Å². The Balaban J connectivity index is 4.22. The van der Waals surface area contributed by atoms with Gasteiger partial charge in [0.15, 0.2) is 6.10 Å². The van der Waals surface area contributed by atoms with E-state index >= 15 is 0 Å². The van der Waals surface area contributed by atoms with E-state index in [2.05, 4.69) is 32.9 Å². The molecule has 0 aromatic rings. The van der Waals surface area contributed by atoms with E-state index in [1.807, 2.05) is 0 Å². The molecule has 1 unspecified atom stereocenters. The maximum atomic E-state index is 12.9. The third-order valence-electron chi connectivity index (χ3n) is 15.0. The van der Waals surface area contributed by atoms with E-state index in [-0.39, 0.29) is 31.1 Å². The minimum Gasteiger partial charge on any atom is -0.462 e. The zero-order valence-corrected chi connectivity index (χ0v) is 49.0. The van der Waals surface area contributed by atoms with Crippen LogP contribution >= 0.6 is 0 Å². The molecule has 0 aromatic heterocycles. The summed E-state index contributed by atoms with van der Waals surface area (Å²) >= 11 is 0. The van der Waals surface area contributed by atoms with Crippen molar-refractivity contribution in [1.82, 2.24) is 0 Å². The van der Waals surface area contributed by atoms with Gasteiger partial charge in [0.2, 0.25) is 0 Å². The zero-order valence-electron chi connectivity index (χ0n) is 49.0. The highest BCUT2D eigenvalue weighted by Crippen LogP contribution is 2.18. The second-order valence-corrected chi connectivity index (χ2v) is 22.4. The molecule has 0 N–H and O–H groups in total. The van der Waals surface area contributed by atoms with Gasteiger partial charge in [0.1, 0.15) is 13.2 Å². The number of carbonyl (C=O) groups excluding carboxylic acids is 3. The molecule has 0 rings (SSSR count). The van der Waals surface area contributed by atoms with Gasteiger partial charge in [-0.05, 0) is 44.9 Å². The van der Waals surface area contributed by atoms with Crippen LogP contribution in [-0.4, -0.2) is 37.2 Å². The van der Waals surface area contributed by atoms with Gasteiger partial charge in [-0.25, -0.2) is 0 Å². The fourth-order valence-corrected chi connectivity index (χ4v) is 10.1. The monoisotopic (exact) mass is 1010 g/mol. The third kappa shape index (κ3) is 59.0. The Bertz CT molecular complexity index is 1120. The first kappa shape index (κ1) is 70.1. The molecule has 0 amide bonds. The second-order valence-electron chi connectivity index (χ2n) is 22.4. The van der Waals surface area contributed by atoms with Gasteiger partial charge in [-0.2, -0.15) is 0 Å². The van der Waals surface area contributed by atoms with Crippen LogP contribution in [0.4, 0.5) is 0 Å². The molecule has 0 aliphatic heterocycles. The van der Waals surface area contributed by atoms with Crippen LogP contribution < -0.4 is 0 Å². The van der Waals surface area contributed by atoms with Crippen molar-refractivity contribution in [2.45, 2.75) is 380 Å². The Kier molecular flexibility index (Phi) is 60.1. The number of unbranched alkanes of at least 4 members (excludes halogenated alkanes) is 48. The van der Waals surface area contributed by atoms with Crippen molar-refractivity contribution in [3.8, 4) is 0 Å². The molecule has 0 saturated carbocycles. The number of hydrogen-bond donors (Lipinski definition) is 0. The largest absolute Gasteiger partial charge is 0.462 e. The van der Waals surface area contributed by atoms with Crippen LogP contribution in [0.25, 0.3) is 0 Å². The number of hydrogen-bond acceptors (Lipinski definition) is 6. The van der Waals surface area contributed by atoms with Gasteiger partial charge < -0.3 is 14.2 Å². The van der Waals surface area contributed by atoms with E-state index in [0.717, 1.165) is 57.8 Å². The van der Waals surface area contributed by atoms with Crippen LogP contribution in [0.3, 0.4) is 0 Å². The first-order chi connectivity index (χ1) is 35.5. The van der Waals surface area contributed by atoms with E-state index < -0.39 is 6.10 Å². The standard InChI is InChI=1S/C66H126O6/c1-4-7-10-13-16-19-22-25-27-29-30-31-32-33-34-35-37-38-41-44-47-50-53-56-59-65(68)71-62-63(61-70-64(67)58-55-52-49-46-43-40-24-21-18-15-12-9-6-3)72-66(69)60-57-54-51-48-45-42-39-36-28-26-23-20-17-14-11-8-5-2/h26,28,63H,4-25,27,29-62H2,1-3H3/b28-26-. The number of rotatable bonds is 61. The van der Waals surface area contributed by atoms with E-state index in [1.54, 1.807) is 0 Å². The van der Waals surface area contributed by atoms with Crippen LogP contribution in [0.15, 0.2) is 12.2 Å². The number of allylic oxidation sites excluding steroid dienone is 2. The maximum Gasteiger partial charge on any atom is 0.306 e. The van der Waals surface area contributed by atoms with Crippen LogP contribution in [0.1, 0.15) is 374 Å². The Morgan fingerprint density at radius 2 is 0.458 bits per heavy atom. The van der Waals surface area contributed by atoms with Crippen molar-refractivity contribution in [2.75, 3.05) is 13.2 Å². The molecule has 6 nitrogen and oxygen atoms in total. The van der Waals surface area contributed by atoms with Gasteiger partial charge in [-0.15, -0.1) is 0 Å².